The molecule has 2 heterocycles. The van der Waals surface area contributed by atoms with Gasteiger partial charge in [-0.15, -0.1) is 0 Å². The van der Waals surface area contributed by atoms with Crippen LogP contribution in [-0.4, -0.2) is 35.5 Å². The highest BCUT2D eigenvalue weighted by Crippen LogP contribution is 2.30. The number of furan rings is 1. The average molecular weight is 463 g/mol. The third-order valence-electron chi connectivity index (χ3n) is 4.97. The van der Waals surface area contributed by atoms with Gasteiger partial charge in [0.05, 0.1) is 0 Å². The number of carbonyl (C=O) groups is 2. The fraction of sp³-hybridized carbons (Fsp3) is 0.455. The van der Waals surface area contributed by atoms with Gasteiger partial charge in [-0.1, -0.05) is 24.3 Å². The Balaban J connectivity index is 1.63. The molecule has 1 amide bonds. The van der Waals surface area contributed by atoms with Crippen molar-refractivity contribution >= 4 is 27.8 Å². The molecular weight excluding hydrogens is 436 g/mol. The minimum Gasteiger partial charge on any atom is -0.459 e. The largest absolute Gasteiger partial charge is 0.459 e. The van der Waals surface area contributed by atoms with Crippen LogP contribution < -0.4 is 5.73 Å². The van der Waals surface area contributed by atoms with Crippen LogP contribution in [0.3, 0.4) is 0 Å². The predicted octanol–water partition coefficient (Wildman–Crippen LogP) is 4.40. The quantitative estimate of drug-likeness (QED) is 0.680. The van der Waals surface area contributed by atoms with Crippen molar-refractivity contribution in [2.24, 2.45) is 5.73 Å². The monoisotopic (exact) mass is 462 g/mol. The number of piperidine rings is 1. The van der Waals surface area contributed by atoms with Crippen LogP contribution in [0.4, 0.5) is 0 Å². The molecule has 3 rings (SSSR count). The lowest BCUT2D eigenvalue weighted by Gasteiger charge is -2.32. The van der Waals surface area contributed by atoms with Crippen LogP contribution in [0.25, 0.3) is 0 Å². The molecule has 1 saturated heterocycles. The molecule has 7 heteroatoms. The van der Waals surface area contributed by atoms with E-state index in [0.717, 1.165) is 24.0 Å². The van der Waals surface area contributed by atoms with E-state index < -0.39 is 17.6 Å². The van der Waals surface area contributed by atoms with Crippen LogP contribution in [-0.2, 0) is 9.53 Å². The number of amides is 1. The molecule has 0 radical (unpaired) electrons. The van der Waals surface area contributed by atoms with Gasteiger partial charge in [0.25, 0.3) is 5.91 Å². The Morgan fingerprint density at radius 3 is 2.48 bits per heavy atom. The van der Waals surface area contributed by atoms with E-state index in [9.17, 15) is 9.59 Å². The number of esters is 1. The molecular formula is C22H27BrN2O4. The standard InChI is InChI=1S/C22H27BrN2O4/c1-22(2,3)29-21(27)19(24)16-6-4-5-15(13-16)14-9-11-25(12-10-14)20(26)17-7-8-18(23)28-17/h4-8,13-14,19H,9-12,24H2,1-3H3. The van der Waals surface area contributed by atoms with Crippen molar-refractivity contribution in [2.75, 3.05) is 13.1 Å². The molecule has 6 nitrogen and oxygen atoms in total. The first-order valence-electron chi connectivity index (χ1n) is 9.77. The Morgan fingerprint density at radius 1 is 1.21 bits per heavy atom. The lowest BCUT2D eigenvalue weighted by molar-refractivity contribution is -0.156. The second-order valence-corrected chi connectivity index (χ2v) is 9.13. The minimum atomic E-state index is -0.812. The summed E-state index contributed by atoms with van der Waals surface area (Å²) < 4.78 is 11.3. The molecule has 156 valence electrons. The summed E-state index contributed by atoms with van der Waals surface area (Å²) in [5, 5.41) is 0. The zero-order valence-electron chi connectivity index (χ0n) is 17.0. The summed E-state index contributed by atoms with van der Waals surface area (Å²) >= 11 is 3.23. The van der Waals surface area contributed by atoms with Crippen LogP contribution in [0.15, 0.2) is 45.5 Å². The molecule has 2 aromatic rings. The van der Waals surface area contributed by atoms with Gasteiger partial charge in [0.1, 0.15) is 11.6 Å². The first kappa shape index (κ1) is 21.6. The van der Waals surface area contributed by atoms with E-state index in [-0.39, 0.29) is 5.91 Å². The van der Waals surface area contributed by atoms with Crippen molar-refractivity contribution in [3.8, 4) is 0 Å². The number of nitrogens with zero attached hydrogens (tertiary/aromatic N) is 1. The van der Waals surface area contributed by atoms with Crippen molar-refractivity contribution in [2.45, 2.75) is 51.2 Å². The number of nitrogens with two attached hydrogens (primary N) is 1. The lowest BCUT2D eigenvalue weighted by Crippen LogP contribution is -2.37. The van der Waals surface area contributed by atoms with Crippen LogP contribution >= 0.6 is 15.9 Å². The van der Waals surface area contributed by atoms with Gasteiger partial charge in [0.15, 0.2) is 10.4 Å². The number of benzene rings is 1. The van der Waals surface area contributed by atoms with Gasteiger partial charge in [-0.25, -0.2) is 4.79 Å². The fourth-order valence-corrected chi connectivity index (χ4v) is 3.82. The smallest absolute Gasteiger partial charge is 0.328 e. The highest BCUT2D eigenvalue weighted by molar-refractivity contribution is 9.10. The van der Waals surface area contributed by atoms with Gasteiger partial charge in [0.2, 0.25) is 0 Å². The van der Waals surface area contributed by atoms with Crippen molar-refractivity contribution in [3.63, 3.8) is 0 Å². The van der Waals surface area contributed by atoms with E-state index in [1.165, 1.54) is 0 Å². The Morgan fingerprint density at radius 2 is 1.90 bits per heavy atom. The number of likely N-dealkylation sites (tertiary alicyclic amines) is 1. The topological polar surface area (TPSA) is 85.8 Å². The minimum absolute atomic E-state index is 0.0881. The van der Waals surface area contributed by atoms with Gasteiger partial charge in [-0.05, 0) is 78.7 Å². The Bertz CT molecular complexity index is 879. The molecule has 1 atom stereocenters. The van der Waals surface area contributed by atoms with Gasteiger partial charge in [-0.3, -0.25) is 4.79 Å². The second kappa shape index (κ2) is 8.71. The summed E-state index contributed by atoms with van der Waals surface area (Å²) in [5.41, 5.74) is 7.44. The van der Waals surface area contributed by atoms with Crippen molar-refractivity contribution in [3.05, 3.63) is 58.0 Å². The molecule has 1 aliphatic rings. The second-order valence-electron chi connectivity index (χ2n) is 8.35. The van der Waals surface area contributed by atoms with E-state index in [2.05, 4.69) is 22.0 Å². The normalized spacial score (nSPS) is 16.5. The van der Waals surface area contributed by atoms with Crippen molar-refractivity contribution in [1.29, 1.82) is 0 Å². The summed E-state index contributed by atoms with van der Waals surface area (Å²) in [5.74, 6) is 0.142. The Hall–Kier alpha value is -2.12. The van der Waals surface area contributed by atoms with E-state index in [4.69, 9.17) is 14.9 Å². The van der Waals surface area contributed by atoms with Crippen molar-refractivity contribution < 1.29 is 18.7 Å². The van der Waals surface area contributed by atoms with Crippen LogP contribution in [0.2, 0.25) is 0 Å². The molecule has 1 aromatic carbocycles. The Labute approximate surface area is 179 Å². The predicted molar refractivity (Wildman–Crippen MR) is 114 cm³/mol. The number of ether oxygens (including phenoxy) is 1. The maximum absolute atomic E-state index is 12.5. The summed E-state index contributed by atoms with van der Waals surface area (Å²) in [4.78, 5) is 26.6. The van der Waals surface area contributed by atoms with Crippen LogP contribution in [0, 0.1) is 0 Å². The third kappa shape index (κ3) is 5.48. The van der Waals surface area contributed by atoms with Gasteiger partial charge < -0.3 is 19.8 Å². The highest BCUT2D eigenvalue weighted by atomic mass is 79.9. The van der Waals surface area contributed by atoms with Gasteiger partial charge in [-0.2, -0.15) is 0 Å². The zero-order valence-corrected chi connectivity index (χ0v) is 18.6. The number of hydrogen-bond acceptors (Lipinski definition) is 5. The number of rotatable bonds is 4. The van der Waals surface area contributed by atoms with E-state index in [0.29, 0.717) is 29.4 Å². The fourth-order valence-electron chi connectivity index (χ4n) is 3.51. The van der Waals surface area contributed by atoms with Crippen LogP contribution in [0.5, 0.6) is 0 Å². The van der Waals surface area contributed by atoms with E-state index >= 15 is 0 Å². The van der Waals surface area contributed by atoms with Crippen LogP contribution in [0.1, 0.15) is 67.3 Å². The summed E-state index contributed by atoms with van der Waals surface area (Å²) in [6.07, 6.45) is 1.69. The van der Waals surface area contributed by atoms with Crippen molar-refractivity contribution in [1.82, 2.24) is 4.90 Å². The van der Waals surface area contributed by atoms with Gasteiger partial charge >= 0.3 is 5.97 Å². The molecule has 0 aliphatic carbocycles. The van der Waals surface area contributed by atoms with E-state index in [1.54, 1.807) is 12.1 Å². The number of hydrogen-bond donors (Lipinski definition) is 1. The molecule has 2 N–H and O–H groups in total. The first-order chi connectivity index (χ1) is 13.6. The maximum atomic E-state index is 12.5. The molecule has 0 bridgehead atoms. The molecule has 1 aliphatic heterocycles. The number of halogens is 1. The van der Waals surface area contributed by atoms with E-state index in [1.807, 2.05) is 43.9 Å². The average Bonchev–Trinajstić information content (AvgIpc) is 3.12. The molecule has 0 spiro atoms. The zero-order chi connectivity index (χ0) is 21.2. The molecule has 0 saturated carbocycles. The maximum Gasteiger partial charge on any atom is 0.328 e. The summed E-state index contributed by atoms with van der Waals surface area (Å²) in [6.45, 7) is 6.79. The molecule has 29 heavy (non-hydrogen) atoms. The SMILES string of the molecule is CC(C)(C)OC(=O)C(N)c1cccc(C2CCN(C(=O)c3ccc(Br)o3)CC2)c1. The molecule has 1 unspecified atom stereocenters. The molecule has 1 aromatic heterocycles. The highest BCUT2D eigenvalue weighted by Gasteiger charge is 2.28. The molecule has 1 fully saturated rings. The first-order valence-corrected chi connectivity index (χ1v) is 10.6. The lowest BCUT2D eigenvalue weighted by atomic mass is 9.87. The summed E-state index contributed by atoms with van der Waals surface area (Å²) in [6, 6.07) is 10.4. The van der Waals surface area contributed by atoms with Gasteiger partial charge in [0, 0.05) is 13.1 Å². The summed E-state index contributed by atoms with van der Waals surface area (Å²) in [7, 11) is 0. The third-order valence-corrected chi connectivity index (χ3v) is 5.39. The number of carbonyl (C=O) groups excluding carboxylic acids is 2. The Kier molecular flexibility index (Phi) is 6.49.